The van der Waals surface area contributed by atoms with E-state index in [0.717, 1.165) is 13.1 Å². The number of aromatic nitrogens is 1. The van der Waals surface area contributed by atoms with Gasteiger partial charge in [-0.15, -0.1) is 11.3 Å². The zero-order chi connectivity index (χ0) is 15.2. The Balaban J connectivity index is 2.23. The van der Waals surface area contributed by atoms with Crippen LogP contribution in [0.2, 0.25) is 0 Å². The molecule has 0 aliphatic rings. The Morgan fingerprint density at radius 3 is 2.67 bits per heavy atom. The number of thiophene rings is 1. The Morgan fingerprint density at radius 2 is 2.05 bits per heavy atom. The normalized spacial score (nSPS) is 11.3. The van der Waals surface area contributed by atoms with E-state index in [1.165, 1.54) is 16.1 Å². The summed E-state index contributed by atoms with van der Waals surface area (Å²) < 4.78 is 0. The molecule has 0 fully saturated rings. The number of hydrogen-bond donors (Lipinski definition) is 1. The maximum Gasteiger partial charge on any atom is 0.0603 e. The van der Waals surface area contributed by atoms with Gasteiger partial charge in [0.25, 0.3) is 0 Å². The molecule has 0 radical (unpaired) electrons. The molecule has 0 spiro atoms. The van der Waals surface area contributed by atoms with Gasteiger partial charge in [-0.25, -0.2) is 0 Å². The van der Waals surface area contributed by atoms with Gasteiger partial charge in [-0.05, 0) is 36.9 Å². The molecule has 2 rings (SSSR count). The number of rotatable bonds is 7. The smallest absolute Gasteiger partial charge is 0.0603 e. The molecule has 1 N–H and O–H groups in total. The maximum atomic E-state index is 4.34. The minimum atomic E-state index is 0.439. The first-order valence-electron chi connectivity index (χ1n) is 7.53. The van der Waals surface area contributed by atoms with Gasteiger partial charge in [-0.3, -0.25) is 4.98 Å². The van der Waals surface area contributed by atoms with Crippen molar-refractivity contribution in [1.82, 2.24) is 10.3 Å². The fraction of sp³-hybridized carbons (Fsp3) is 0.471. The number of nitrogens with zero attached hydrogens (tertiary/aromatic N) is 2. The fourth-order valence-electron chi connectivity index (χ4n) is 2.25. The molecule has 0 atom stereocenters. The highest BCUT2D eigenvalue weighted by atomic mass is 32.1. The van der Waals surface area contributed by atoms with Crippen molar-refractivity contribution in [2.75, 3.05) is 4.90 Å². The molecule has 0 saturated carbocycles. The van der Waals surface area contributed by atoms with Crippen LogP contribution in [0.4, 0.5) is 5.69 Å². The fourth-order valence-corrected chi connectivity index (χ4v) is 2.96. The molecule has 0 aliphatic heterocycles. The largest absolute Gasteiger partial charge is 0.362 e. The van der Waals surface area contributed by atoms with Gasteiger partial charge < -0.3 is 10.2 Å². The van der Waals surface area contributed by atoms with E-state index in [1.54, 1.807) is 0 Å². The van der Waals surface area contributed by atoms with Crippen molar-refractivity contribution in [3.8, 4) is 0 Å². The topological polar surface area (TPSA) is 28.2 Å². The van der Waals surface area contributed by atoms with Gasteiger partial charge in [0.05, 0.1) is 18.4 Å². The van der Waals surface area contributed by atoms with E-state index in [2.05, 4.69) is 66.5 Å². The van der Waals surface area contributed by atoms with Gasteiger partial charge in [0.2, 0.25) is 0 Å². The van der Waals surface area contributed by atoms with Crippen LogP contribution in [-0.2, 0) is 13.1 Å². The Bertz CT molecular complexity index is 535. The summed E-state index contributed by atoms with van der Waals surface area (Å²) in [4.78, 5) is 8.15. The van der Waals surface area contributed by atoms with Crippen LogP contribution in [0, 0.1) is 0 Å². The van der Waals surface area contributed by atoms with E-state index in [1.807, 2.05) is 23.7 Å². The number of anilines is 1. The van der Waals surface area contributed by atoms with E-state index >= 15 is 0 Å². The molecule has 2 aromatic rings. The monoisotopic (exact) mass is 303 g/mol. The summed E-state index contributed by atoms with van der Waals surface area (Å²) in [6.07, 6.45) is 3.87. The number of nitrogens with one attached hydrogen (secondary N) is 1. The van der Waals surface area contributed by atoms with E-state index in [-0.39, 0.29) is 0 Å². The first-order chi connectivity index (χ1) is 10.1. The molecule has 0 unspecified atom stereocenters. The van der Waals surface area contributed by atoms with Crippen LogP contribution in [0.1, 0.15) is 38.1 Å². The second kappa shape index (κ2) is 7.57. The van der Waals surface area contributed by atoms with Gasteiger partial charge in [0, 0.05) is 29.7 Å². The van der Waals surface area contributed by atoms with E-state index in [0.29, 0.717) is 12.1 Å². The third-order valence-corrected chi connectivity index (χ3v) is 4.29. The standard InChI is InChI=1S/C17H25N3S/c1-13(2)19-10-15-7-8-18-11-17(15)20(14(3)4)12-16-6-5-9-21-16/h5-9,11,13-14,19H,10,12H2,1-4H3. The molecule has 0 bridgehead atoms. The van der Waals surface area contributed by atoms with Crippen molar-refractivity contribution in [3.63, 3.8) is 0 Å². The van der Waals surface area contributed by atoms with Crippen LogP contribution >= 0.6 is 11.3 Å². The van der Waals surface area contributed by atoms with Crippen LogP contribution in [-0.4, -0.2) is 17.1 Å². The van der Waals surface area contributed by atoms with Gasteiger partial charge in [-0.2, -0.15) is 0 Å². The van der Waals surface area contributed by atoms with Crippen LogP contribution in [0.3, 0.4) is 0 Å². The first kappa shape index (κ1) is 16.0. The van der Waals surface area contributed by atoms with E-state index in [9.17, 15) is 0 Å². The summed E-state index contributed by atoms with van der Waals surface area (Å²) in [6.45, 7) is 10.6. The molecule has 21 heavy (non-hydrogen) atoms. The number of pyridine rings is 1. The second-order valence-corrected chi connectivity index (χ2v) is 6.87. The summed E-state index contributed by atoms with van der Waals surface area (Å²) in [5.74, 6) is 0. The van der Waals surface area contributed by atoms with Crippen LogP contribution in [0.5, 0.6) is 0 Å². The van der Waals surface area contributed by atoms with Crippen LogP contribution in [0.15, 0.2) is 36.0 Å². The SMILES string of the molecule is CC(C)NCc1ccncc1N(Cc1cccs1)C(C)C. The third kappa shape index (κ3) is 4.55. The summed E-state index contributed by atoms with van der Waals surface area (Å²) in [5.41, 5.74) is 2.54. The summed E-state index contributed by atoms with van der Waals surface area (Å²) in [5, 5.41) is 5.64. The van der Waals surface area contributed by atoms with Crippen molar-refractivity contribution in [3.05, 3.63) is 46.4 Å². The Morgan fingerprint density at radius 1 is 1.24 bits per heavy atom. The van der Waals surface area contributed by atoms with Gasteiger partial charge in [0.15, 0.2) is 0 Å². The minimum absolute atomic E-state index is 0.439. The van der Waals surface area contributed by atoms with Crippen LogP contribution in [0.25, 0.3) is 0 Å². The quantitative estimate of drug-likeness (QED) is 0.836. The molecule has 0 aromatic carbocycles. The molecule has 114 valence electrons. The van der Waals surface area contributed by atoms with Crippen LogP contribution < -0.4 is 10.2 Å². The van der Waals surface area contributed by atoms with Gasteiger partial charge in [0.1, 0.15) is 0 Å². The molecule has 0 amide bonds. The molecule has 0 aliphatic carbocycles. The lowest BCUT2D eigenvalue weighted by atomic mass is 10.1. The van der Waals surface area contributed by atoms with Crippen molar-refractivity contribution >= 4 is 17.0 Å². The molecule has 4 heteroatoms. The third-order valence-electron chi connectivity index (χ3n) is 3.43. The predicted octanol–water partition coefficient (Wildman–Crippen LogP) is 4.06. The highest BCUT2D eigenvalue weighted by Crippen LogP contribution is 2.25. The molecule has 2 heterocycles. The lowest BCUT2D eigenvalue weighted by Gasteiger charge is -2.30. The summed E-state index contributed by atoms with van der Waals surface area (Å²) >= 11 is 1.81. The second-order valence-electron chi connectivity index (χ2n) is 5.84. The highest BCUT2D eigenvalue weighted by molar-refractivity contribution is 7.09. The molecular formula is C17H25N3S. The van der Waals surface area contributed by atoms with Crippen molar-refractivity contribution in [1.29, 1.82) is 0 Å². The Kier molecular flexibility index (Phi) is 5.76. The predicted molar refractivity (Wildman–Crippen MR) is 91.9 cm³/mol. The molecular weight excluding hydrogens is 278 g/mol. The summed E-state index contributed by atoms with van der Waals surface area (Å²) in [6, 6.07) is 7.35. The van der Waals surface area contributed by atoms with Crippen molar-refractivity contribution < 1.29 is 0 Å². The van der Waals surface area contributed by atoms with Crippen molar-refractivity contribution in [2.24, 2.45) is 0 Å². The number of hydrogen-bond acceptors (Lipinski definition) is 4. The van der Waals surface area contributed by atoms with E-state index in [4.69, 9.17) is 0 Å². The molecule has 2 aromatic heterocycles. The highest BCUT2D eigenvalue weighted by Gasteiger charge is 2.15. The van der Waals surface area contributed by atoms with Gasteiger partial charge in [-0.1, -0.05) is 19.9 Å². The Labute approximate surface area is 132 Å². The zero-order valence-electron chi connectivity index (χ0n) is 13.3. The van der Waals surface area contributed by atoms with Crippen molar-refractivity contribution in [2.45, 2.75) is 52.9 Å². The Hall–Kier alpha value is -1.39. The zero-order valence-corrected chi connectivity index (χ0v) is 14.2. The molecule has 0 saturated heterocycles. The lowest BCUT2D eigenvalue weighted by Crippen LogP contribution is -2.32. The van der Waals surface area contributed by atoms with E-state index < -0.39 is 0 Å². The molecule has 3 nitrogen and oxygen atoms in total. The van der Waals surface area contributed by atoms with Gasteiger partial charge >= 0.3 is 0 Å². The average molecular weight is 303 g/mol. The average Bonchev–Trinajstić information content (AvgIpc) is 2.95. The minimum Gasteiger partial charge on any atom is -0.362 e. The first-order valence-corrected chi connectivity index (χ1v) is 8.41. The lowest BCUT2D eigenvalue weighted by molar-refractivity contribution is 0.584. The summed E-state index contributed by atoms with van der Waals surface area (Å²) in [7, 11) is 0. The maximum absolute atomic E-state index is 4.34.